The first kappa shape index (κ1) is 18.9. The normalized spacial score (nSPS) is 13.2. The molecular formula is C20H17N5O3S. The van der Waals surface area contributed by atoms with Crippen LogP contribution in [0.1, 0.15) is 17.7 Å². The Labute approximate surface area is 169 Å². The summed E-state index contributed by atoms with van der Waals surface area (Å²) >= 11 is -1.93. The summed E-state index contributed by atoms with van der Waals surface area (Å²) in [5.41, 5.74) is 9.17. The minimum Gasteiger partial charge on any atom is -0.414 e. The third kappa shape index (κ3) is 3.91. The van der Waals surface area contributed by atoms with Crippen molar-refractivity contribution in [3.63, 3.8) is 0 Å². The number of nitrogens with zero attached hydrogens (tertiary/aromatic N) is 4. The zero-order chi connectivity index (χ0) is 20.4. The number of nitrogens with two attached hydrogens (primary N) is 1. The molecule has 2 atom stereocenters. The molecule has 4 rings (SSSR count). The second-order valence-electron chi connectivity index (χ2n) is 6.31. The van der Waals surface area contributed by atoms with Crippen molar-refractivity contribution in [3.8, 4) is 34.3 Å². The molecule has 0 aliphatic carbocycles. The van der Waals surface area contributed by atoms with E-state index in [1.54, 1.807) is 25.3 Å². The average molecular weight is 407 g/mol. The van der Waals surface area contributed by atoms with Crippen LogP contribution in [0.5, 0.6) is 0 Å². The number of rotatable bonds is 5. The molecule has 0 bridgehead atoms. The van der Waals surface area contributed by atoms with E-state index in [9.17, 15) is 8.76 Å². The summed E-state index contributed by atoms with van der Waals surface area (Å²) in [6.45, 7) is 1.69. The van der Waals surface area contributed by atoms with Crippen LogP contribution in [0.15, 0.2) is 65.2 Å². The lowest BCUT2D eigenvalue weighted by molar-refractivity contribution is 0.553. The summed E-state index contributed by atoms with van der Waals surface area (Å²) in [5.74, 6) is 0.720. The van der Waals surface area contributed by atoms with Gasteiger partial charge in [0.15, 0.2) is 22.6 Å². The molecule has 0 amide bonds. The third-order valence-corrected chi connectivity index (χ3v) is 5.30. The fraction of sp³-hybridized carbons (Fsp3) is 0.100. The topological polar surface area (TPSA) is 128 Å². The molecule has 0 radical (unpaired) electrons. The van der Waals surface area contributed by atoms with E-state index in [-0.39, 0.29) is 11.7 Å². The Kier molecular flexibility index (Phi) is 5.15. The molecule has 4 aromatic rings. The van der Waals surface area contributed by atoms with Crippen molar-refractivity contribution in [2.75, 3.05) is 5.73 Å². The lowest BCUT2D eigenvalue weighted by atomic mass is 10.1. The molecule has 0 fully saturated rings. The quantitative estimate of drug-likeness (QED) is 0.479. The van der Waals surface area contributed by atoms with Gasteiger partial charge in [-0.1, -0.05) is 42.5 Å². The van der Waals surface area contributed by atoms with Gasteiger partial charge in [0.25, 0.3) is 5.89 Å². The van der Waals surface area contributed by atoms with Gasteiger partial charge in [0.1, 0.15) is 0 Å². The molecule has 2 aromatic carbocycles. The number of benzene rings is 2. The molecule has 0 saturated carbocycles. The van der Waals surface area contributed by atoms with Crippen LogP contribution in [0.3, 0.4) is 0 Å². The van der Waals surface area contributed by atoms with Crippen molar-refractivity contribution >= 4 is 16.9 Å². The largest absolute Gasteiger partial charge is 0.414 e. The molecule has 0 saturated heterocycles. The van der Waals surface area contributed by atoms with Gasteiger partial charge < -0.3 is 14.7 Å². The number of nitrogen functional groups attached to an aromatic ring is 1. The van der Waals surface area contributed by atoms with Gasteiger partial charge in [0.05, 0.1) is 17.1 Å². The maximum atomic E-state index is 11.2. The summed E-state index contributed by atoms with van der Waals surface area (Å²) in [4.78, 5) is 8.73. The van der Waals surface area contributed by atoms with E-state index in [1.807, 2.05) is 42.5 Å². The highest BCUT2D eigenvalue weighted by molar-refractivity contribution is 7.79. The van der Waals surface area contributed by atoms with Gasteiger partial charge in [-0.25, -0.2) is 14.2 Å². The first-order valence-corrected chi connectivity index (χ1v) is 9.91. The van der Waals surface area contributed by atoms with Crippen LogP contribution in [0.2, 0.25) is 0 Å². The van der Waals surface area contributed by atoms with E-state index in [1.165, 1.54) is 0 Å². The first-order valence-electron chi connectivity index (χ1n) is 8.74. The molecule has 9 heteroatoms. The smallest absolute Gasteiger partial charge is 0.270 e. The molecule has 2 unspecified atom stereocenters. The predicted molar refractivity (Wildman–Crippen MR) is 110 cm³/mol. The summed E-state index contributed by atoms with van der Waals surface area (Å²) in [6, 6.07) is 16.6. The zero-order valence-electron chi connectivity index (χ0n) is 15.4. The van der Waals surface area contributed by atoms with Crippen LogP contribution in [-0.2, 0) is 11.1 Å². The highest BCUT2D eigenvalue weighted by atomic mass is 32.2. The Morgan fingerprint density at radius 3 is 2.38 bits per heavy atom. The van der Waals surface area contributed by atoms with Gasteiger partial charge in [-0.2, -0.15) is 0 Å². The highest BCUT2D eigenvalue weighted by Gasteiger charge is 2.17. The molecule has 2 heterocycles. The maximum Gasteiger partial charge on any atom is 0.270 e. The van der Waals surface area contributed by atoms with E-state index in [0.717, 1.165) is 16.7 Å². The second kappa shape index (κ2) is 7.90. The Bertz CT molecular complexity index is 1160. The summed E-state index contributed by atoms with van der Waals surface area (Å²) < 4.78 is 26.2. The SMILES string of the molecule is CC(c1ccc(-c2cnc(N)c(-c3nnc(-c4ccccc4)o3)n2)cc1)S(=O)O. The van der Waals surface area contributed by atoms with Crippen molar-refractivity contribution in [1.29, 1.82) is 0 Å². The lowest BCUT2D eigenvalue weighted by Crippen LogP contribution is -2.01. The lowest BCUT2D eigenvalue weighted by Gasteiger charge is -2.09. The van der Waals surface area contributed by atoms with Gasteiger partial charge in [-0.3, -0.25) is 0 Å². The zero-order valence-corrected chi connectivity index (χ0v) is 16.2. The Balaban J connectivity index is 1.67. The van der Waals surface area contributed by atoms with Crippen LogP contribution in [0.25, 0.3) is 34.3 Å². The van der Waals surface area contributed by atoms with E-state index >= 15 is 0 Å². The molecule has 0 spiro atoms. The Morgan fingerprint density at radius 2 is 1.69 bits per heavy atom. The van der Waals surface area contributed by atoms with E-state index in [4.69, 9.17) is 10.2 Å². The van der Waals surface area contributed by atoms with Crippen LogP contribution in [0.4, 0.5) is 5.82 Å². The summed E-state index contributed by atoms with van der Waals surface area (Å²) in [7, 11) is 0. The standard InChI is InChI=1S/C20H17N5O3S/c1-12(29(26)27)13-7-9-14(10-8-13)16-11-22-18(21)17(23-16)20-25-24-19(28-20)15-5-3-2-4-6-15/h2-12H,1H3,(H2,21,22)(H,26,27). The van der Waals surface area contributed by atoms with Crippen LogP contribution in [0, 0.1) is 0 Å². The van der Waals surface area contributed by atoms with Crippen LogP contribution >= 0.6 is 0 Å². The number of anilines is 1. The number of aromatic nitrogens is 4. The van der Waals surface area contributed by atoms with E-state index in [0.29, 0.717) is 17.3 Å². The molecule has 2 aromatic heterocycles. The molecule has 146 valence electrons. The van der Waals surface area contributed by atoms with Gasteiger partial charge in [0, 0.05) is 11.1 Å². The summed E-state index contributed by atoms with van der Waals surface area (Å²) in [5, 5.41) is 7.64. The molecule has 29 heavy (non-hydrogen) atoms. The van der Waals surface area contributed by atoms with Crippen molar-refractivity contribution in [3.05, 3.63) is 66.4 Å². The van der Waals surface area contributed by atoms with Gasteiger partial charge in [0.2, 0.25) is 5.89 Å². The molecule has 8 nitrogen and oxygen atoms in total. The van der Waals surface area contributed by atoms with Gasteiger partial charge in [-0.05, 0) is 24.6 Å². The summed E-state index contributed by atoms with van der Waals surface area (Å²) in [6.07, 6.45) is 1.55. The van der Waals surface area contributed by atoms with Crippen molar-refractivity contribution in [1.82, 2.24) is 20.2 Å². The number of hydrogen-bond acceptors (Lipinski definition) is 7. The van der Waals surface area contributed by atoms with Crippen molar-refractivity contribution in [2.24, 2.45) is 0 Å². The molecule has 0 aliphatic heterocycles. The van der Waals surface area contributed by atoms with Crippen molar-refractivity contribution in [2.45, 2.75) is 12.2 Å². The molecule has 3 N–H and O–H groups in total. The first-order chi connectivity index (χ1) is 14.0. The Hall–Kier alpha value is -3.43. The highest BCUT2D eigenvalue weighted by Crippen LogP contribution is 2.28. The minimum absolute atomic E-state index is 0.177. The fourth-order valence-electron chi connectivity index (χ4n) is 2.75. The second-order valence-corrected chi connectivity index (χ2v) is 7.57. The van der Waals surface area contributed by atoms with Gasteiger partial charge in [-0.15, -0.1) is 10.2 Å². The molecular weight excluding hydrogens is 390 g/mol. The maximum absolute atomic E-state index is 11.2. The minimum atomic E-state index is -1.93. The predicted octanol–water partition coefficient (Wildman–Crippen LogP) is 3.73. The fourth-order valence-corrected chi connectivity index (χ4v) is 3.14. The average Bonchev–Trinajstić information content (AvgIpc) is 3.24. The van der Waals surface area contributed by atoms with E-state index in [2.05, 4.69) is 20.2 Å². The Morgan fingerprint density at radius 1 is 1.00 bits per heavy atom. The van der Waals surface area contributed by atoms with Crippen LogP contribution < -0.4 is 5.73 Å². The third-order valence-electron chi connectivity index (χ3n) is 4.43. The van der Waals surface area contributed by atoms with Crippen molar-refractivity contribution < 1.29 is 13.2 Å². The monoisotopic (exact) mass is 407 g/mol. The molecule has 0 aliphatic rings. The van der Waals surface area contributed by atoms with Crippen LogP contribution in [-0.4, -0.2) is 28.9 Å². The number of hydrogen-bond donors (Lipinski definition) is 2. The van der Waals surface area contributed by atoms with Gasteiger partial charge >= 0.3 is 0 Å². The van der Waals surface area contributed by atoms with E-state index < -0.39 is 16.3 Å².